The van der Waals surface area contributed by atoms with Crippen molar-refractivity contribution in [2.45, 2.75) is 32.6 Å². The van der Waals surface area contributed by atoms with Crippen molar-refractivity contribution in [3.8, 4) is 5.75 Å². The van der Waals surface area contributed by atoms with Crippen molar-refractivity contribution < 1.29 is 14.3 Å². The molecule has 0 saturated carbocycles. The molecule has 7 nitrogen and oxygen atoms in total. The minimum atomic E-state index is 0.00215. The minimum absolute atomic E-state index is 0.00215. The first-order valence-corrected chi connectivity index (χ1v) is 10.3. The molecule has 2 aromatic rings. The van der Waals surface area contributed by atoms with Gasteiger partial charge in [0.05, 0.1) is 26.0 Å². The molecule has 1 aromatic carbocycles. The third-order valence-electron chi connectivity index (χ3n) is 5.66. The first-order valence-electron chi connectivity index (χ1n) is 10.3. The van der Waals surface area contributed by atoms with Crippen LogP contribution in [0.25, 0.3) is 0 Å². The molecule has 0 unspecified atom stereocenters. The van der Waals surface area contributed by atoms with Gasteiger partial charge < -0.3 is 19.7 Å². The largest absolute Gasteiger partial charge is 0.497 e. The zero-order valence-electron chi connectivity index (χ0n) is 17.1. The van der Waals surface area contributed by atoms with Crippen LogP contribution in [-0.4, -0.2) is 49.3 Å². The number of carbonyl (C=O) groups excluding carboxylic acids is 1. The SMILES string of the molecule is COc1cccc(NC(=O)C2CCN(c3nc(C)nc4c3CCOCC4)CC2)c1. The van der Waals surface area contributed by atoms with Crippen molar-refractivity contribution in [2.75, 3.05) is 43.6 Å². The van der Waals surface area contributed by atoms with Crippen molar-refractivity contribution in [3.63, 3.8) is 0 Å². The van der Waals surface area contributed by atoms with Gasteiger partial charge in [0.2, 0.25) is 5.91 Å². The maximum absolute atomic E-state index is 12.7. The summed E-state index contributed by atoms with van der Waals surface area (Å²) in [5.41, 5.74) is 3.10. The fraction of sp³-hybridized carbons (Fsp3) is 0.500. The molecule has 1 fully saturated rings. The Kier molecular flexibility index (Phi) is 5.94. The predicted molar refractivity (Wildman–Crippen MR) is 112 cm³/mol. The molecule has 0 spiro atoms. The van der Waals surface area contributed by atoms with E-state index in [1.807, 2.05) is 31.2 Å². The van der Waals surface area contributed by atoms with E-state index in [0.29, 0.717) is 6.61 Å². The Balaban J connectivity index is 1.42. The number of benzene rings is 1. The molecule has 2 aliphatic heterocycles. The van der Waals surface area contributed by atoms with E-state index in [1.54, 1.807) is 7.11 Å². The van der Waals surface area contributed by atoms with Crippen LogP contribution < -0.4 is 15.0 Å². The Bertz CT molecular complexity index is 878. The van der Waals surface area contributed by atoms with Crippen molar-refractivity contribution in [2.24, 2.45) is 5.92 Å². The summed E-state index contributed by atoms with van der Waals surface area (Å²) in [6.45, 7) is 5.02. The molecule has 7 heteroatoms. The number of aryl methyl sites for hydroxylation is 1. The second-order valence-electron chi connectivity index (χ2n) is 7.61. The third kappa shape index (κ3) is 4.50. The number of methoxy groups -OCH3 is 1. The maximum atomic E-state index is 12.7. The van der Waals surface area contributed by atoms with E-state index in [2.05, 4.69) is 15.2 Å². The monoisotopic (exact) mass is 396 g/mol. The highest BCUT2D eigenvalue weighted by Gasteiger charge is 2.28. The van der Waals surface area contributed by atoms with Crippen molar-refractivity contribution in [1.29, 1.82) is 0 Å². The van der Waals surface area contributed by atoms with Crippen LogP contribution in [0.5, 0.6) is 5.75 Å². The molecule has 29 heavy (non-hydrogen) atoms. The average Bonchev–Trinajstić information content (AvgIpc) is 2.99. The lowest BCUT2D eigenvalue weighted by molar-refractivity contribution is -0.120. The average molecular weight is 396 g/mol. The number of ether oxygens (including phenoxy) is 2. The highest BCUT2D eigenvalue weighted by molar-refractivity contribution is 5.92. The van der Waals surface area contributed by atoms with E-state index in [9.17, 15) is 4.79 Å². The summed E-state index contributed by atoms with van der Waals surface area (Å²) in [7, 11) is 1.62. The maximum Gasteiger partial charge on any atom is 0.227 e. The number of amides is 1. The van der Waals surface area contributed by atoms with Gasteiger partial charge in [0.25, 0.3) is 0 Å². The van der Waals surface area contributed by atoms with Gasteiger partial charge >= 0.3 is 0 Å². The Morgan fingerprint density at radius 3 is 2.79 bits per heavy atom. The summed E-state index contributed by atoms with van der Waals surface area (Å²) in [6, 6.07) is 7.47. The first-order chi connectivity index (χ1) is 14.1. The van der Waals surface area contributed by atoms with Crippen LogP contribution in [0.2, 0.25) is 0 Å². The van der Waals surface area contributed by atoms with Crippen LogP contribution in [0.15, 0.2) is 24.3 Å². The van der Waals surface area contributed by atoms with Crippen LogP contribution in [0.3, 0.4) is 0 Å². The zero-order chi connectivity index (χ0) is 20.2. The summed E-state index contributed by atoms with van der Waals surface area (Å²) in [5.74, 6) is 2.65. The number of anilines is 2. The summed E-state index contributed by atoms with van der Waals surface area (Å²) < 4.78 is 10.9. The van der Waals surface area contributed by atoms with Gasteiger partial charge in [-0.15, -0.1) is 0 Å². The molecule has 3 heterocycles. The number of nitrogens with one attached hydrogen (secondary N) is 1. The van der Waals surface area contributed by atoms with E-state index in [1.165, 1.54) is 5.56 Å². The quantitative estimate of drug-likeness (QED) is 0.856. The molecular formula is C22H28N4O3. The van der Waals surface area contributed by atoms with Gasteiger partial charge in [-0.2, -0.15) is 0 Å². The lowest BCUT2D eigenvalue weighted by Crippen LogP contribution is -2.39. The normalized spacial score (nSPS) is 17.4. The summed E-state index contributed by atoms with van der Waals surface area (Å²) in [6.07, 6.45) is 3.31. The Morgan fingerprint density at radius 1 is 1.21 bits per heavy atom. The number of carbonyl (C=O) groups is 1. The number of aromatic nitrogens is 2. The van der Waals surface area contributed by atoms with Gasteiger partial charge in [0.15, 0.2) is 0 Å². The number of rotatable bonds is 4. The lowest BCUT2D eigenvalue weighted by atomic mass is 9.95. The van der Waals surface area contributed by atoms with Crippen molar-refractivity contribution in [1.82, 2.24) is 9.97 Å². The lowest BCUT2D eigenvalue weighted by Gasteiger charge is -2.33. The minimum Gasteiger partial charge on any atom is -0.497 e. The molecule has 0 bridgehead atoms. The standard InChI is InChI=1S/C22H28N4O3/c1-15-23-20-9-13-29-12-8-19(20)21(24-15)26-10-6-16(7-11-26)22(27)25-17-4-3-5-18(14-17)28-2/h3-5,14,16H,6-13H2,1-2H3,(H,25,27). The van der Waals surface area contributed by atoms with E-state index in [-0.39, 0.29) is 11.8 Å². The number of hydrogen-bond acceptors (Lipinski definition) is 6. The second kappa shape index (κ2) is 8.78. The van der Waals surface area contributed by atoms with Crippen LogP contribution in [-0.2, 0) is 22.4 Å². The van der Waals surface area contributed by atoms with E-state index < -0.39 is 0 Å². The van der Waals surface area contributed by atoms with Gasteiger partial charge in [-0.25, -0.2) is 9.97 Å². The third-order valence-corrected chi connectivity index (χ3v) is 5.66. The first kappa shape index (κ1) is 19.6. The van der Waals surface area contributed by atoms with Gasteiger partial charge in [-0.3, -0.25) is 4.79 Å². The molecule has 154 valence electrons. The molecule has 1 aromatic heterocycles. The smallest absolute Gasteiger partial charge is 0.227 e. The van der Waals surface area contributed by atoms with Crippen LogP contribution in [0.1, 0.15) is 29.9 Å². The molecule has 1 N–H and O–H groups in total. The number of nitrogens with zero attached hydrogens (tertiary/aromatic N) is 3. The van der Waals surface area contributed by atoms with E-state index >= 15 is 0 Å². The summed E-state index contributed by atoms with van der Waals surface area (Å²) in [4.78, 5) is 24.4. The van der Waals surface area contributed by atoms with Gasteiger partial charge in [-0.05, 0) is 31.9 Å². The Morgan fingerprint density at radius 2 is 2.00 bits per heavy atom. The summed E-state index contributed by atoms with van der Waals surface area (Å²) >= 11 is 0. The Labute approximate surface area is 171 Å². The molecular weight excluding hydrogens is 368 g/mol. The van der Waals surface area contributed by atoms with Gasteiger partial charge in [-0.1, -0.05) is 6.07 Å². The molecule has 0 atom stereocenters. The van der Waals surface area contributed by atoms with Gasteiger partial charge in [0.1, 0.15) is 17.4 Å². The fourth-order valence-electron chi connectivity index (χ4n) is 4.11. The molecule has 1 amide bonds. The number of hydrogen-bond donors (Lipinski definition) is 1. The topological polar surface area (TPSA) is 76.6 Å². The van der Waals surface area contributed by atoms with Crippen molar-refractivity contribution >= 4 is 17.4 Å². The molecule has 1 saturated heterocycles. The Hall–Kier alpha value is -2.67. The van der Waals surface area contributed by atoms with Crippen LogP contribution >= 0.6 is 0 Å². The molecule has 4 rings (SSSR count). The van der Waals surface area contributed by atoms with E-state index in [4.69, 9.17) is 14.5 Å². The molecule has 0 radical (unpaired) electrons. The highest BCUT2D eigenvalue weighted by Crippen LogP contribution is 2.29. The van der Waals surface area contributed by atoms with Crippen LogP contribution in [0.4, 0.5) is 11.5 Å². The van der Waals surface area contributed by atoms with Crippen LogP contribution in [0, 0.1) is 12.8 Å². The number of piperidine rings is 1. The summed E-state index contributed by atoms with van der Waals surface area (Å²) in [5, 5.41) is 3.03. The van der Waals surface area contributed by atoms with E-state index in [0.717, 1.165) is 74.2 Å². The highest BCUT2D eigenvalue weighted by atomic mass is 16.5. The number of fused-ring (bicyclic) bond motifs is 1. The molecule has 0 aliphatic carbocycles. The van der Waals surface area contributed by atoms with Gasteiger partial charge in [0, 0.05) is 49.2 Å². The predicted octanol–water partition coefficient (Wildman–Crippen LogP) is 2.76. The zero-order valence-corrected chi connectivity index (χ0v) is 17.1. The van der Waals surface area contributed by atoms with Crippen molar-refractivity contribution in [3.05, 3.63) is 41.3 Å². The molecule has 2 aliphatic rings. The fourth-order valence-corrected chi connectivity index (χ4v) is 4.11. The second-order valence-corrected chi connectivity index (χ2v) is 7.61.